The van der Waals surface area contributed by atoms with Gasteiger partial charge in [0, 0.05) is 24.8 Å². The first-order chi connectivity index (χ1) is 9.13. The summed E-state index contributed by atoms with van der Waals surface area (Å²) in [6.07, 6.45) is 1.58. The summed E-state index contributed by atoms with van der Waals surface area (Å²) >= 11 is 0. The number of rotatable bonds is 6. The number of benzene rings is 1. The van der Waals surface area contributed by atoms with Crippen LogP contribution in [0.25, 0.3) is 0 Å². The number of hydrogen-bond donors (Lipinski definition) is 2. The van der Waals surface area contributed by atoms with E-state index in [0.29, 0.717) is 12.6 Å². The third-order valence-corrected chi connectivity index (χ3v) is 3.70. The van der Waals surface area contributed by atoms with Gasteiger partial charge in [-0.05, 0) is 37.5 Å². The van der Waals surface area contributed by atoms with Crippen molar-refractivity contribution in [3.63, 3.8) is 0 Å². The quantitative estimate of drug-likeness (QED) is 0.826. The summed E-state index contributed by atoms with van der Waals surface area (Å²) < 4.78 is 10.5. The molecule has 4 nitrogen and oxygen atoms in total. The van der Waals surface area contributed by atoms with Crippen LogP contribution >= 0.6 is 0 Å². The van der Waals surface area contributed by atoms with Gasteiger partial charge in [0.15, 0.2) is 0 Å². The first kappa shape index (κ1) is 14.3. The van der Waals surface area contributed by atoms with Crippen LogP contribution in [0.15, 0.2) is 18.2 Å². The van der Waals surface area contributed by atoms with Crippen molar-refractivity contribution in [2.45, 2.75) is 44.6 Å². The molecule has 1 saturated carbocycles. The lowest BCUT2D eigenvalue weighted by Crippen LogP contribution is -2.45. The lowest BCUT2D eigenvalue weighted by Gasteiger charge is -2.34. The first-order valence-electron chi connectivity index (χ1n) is 6.74. The normalized spacial score (nSPS) is 23.8. The molecule has 1 aromatic rings. The first-order valence-corrected chi connectivity index (χ1v) is 6.74. The molecule has 4 heteroatoms. The van der Waals surface area contributed by atoms with E-state index in [1.165, 1.54) is 5.56 Å². The Bertz CT molecular complexity index is 416. The van der Waals surface area contributed by atoms with Crippen LogP contribution in [0, 0.1) is 0 Å². The van der Waals surface area contributed by atoms with Crippen molar-refractivity contribution in [1.29, 1.82) is 0 Å². The van der Waals surface area contributed by atoms with Crippen LogP contribution in [0.2, 0.25) is 0 Å². The fourth-order valence-electron chi connectivity index (χ4n) is 2.51. The fourth-order valence-corrected chi connectivity index (χ4v) is 2.51. The minimum absolute atomic E-state index is 0.121. The van der Waals surface area contributed by atoms with Crippen molar-refractivity contribution >= 4 is 0 Å². The molecule has 19 heavy (non-hydrogen) atoms. The molecule has 0 radical (unpaired) electrons. The maximum atomic E-state index is 9.31. The second-order valence-electron chi connectivity index (χ2n) is 5.21. The lowest BCUT2D eigenvalue weighted by atomic mass is 9.88. The van der Waals surface area contributed by atoms with Crippen molar-refractivity contribution in [3.05, 3.63) is 29.3 Å². The van der Waals surface area contributed by atoms with Gasteiger partial charge in [-0.2, -0.15) is 0 Å². The number of ether oxygens (including phenoxy) is 2. The number of nitrogens with one attached hydrogen (secondary N) is 1. The lowest BCUT2D eigenvalue weighted by molar-refractivity contribution is 0.0585. The zero-order valence-corrected chi connectivity index (χ0v) is 11.8. The van der Waals surface area contributed by atoms with Crippen LogP contribution in [0.1, 0.15) is 36.9 Å². The third-order valence-electron chi connectivity index (χ3n) is 3.70. The van der Waals surface area contributed by atoms with Crippen LogP contribution in [-0.2, 0) is 11.3 Å². The van der Waals surface area contributed by atoms with Crippen LogP contribution in [0.4, 0.5) is 0 Å². The summed E-state index contributed by atoms with van der Waals surface area (Å²) in [6.45, 7) is 2.69. The molecule has 0 aromatic heterocycles. The monoisotopic (exact) mass is 265 g/mol. The van der Waals surface area contributed by atoms with Crippen molar-refractivity contribution in [3.8, 4) is 5.75 Å². The maximum Gasteiger partial charge on any atom is 0.124 e. The molecule has 0 heterocycles. The second kappa shape index (κ2) is 6.37. The van der Waals surface area contributed by atoms with Crippen molar-refractivity contribution in [1.82, 2.24) is 5.32 Å². The molecule has 0 spiro atoms. The van der Waals surface area contributed by atoms with Crippen LogP contribution < -0.4 is 10.1 Å². The second-order valence-corrected chi connectivity index (χ2v) is 5.21. The van der Waals surface area contributed by atoms with Crippen molar-refractivity contribution in [2.24, 2.45) is 0 Å². The number of aliphatic hydroxyl groups is 1. The van der Waals surface area contributed by atoms with E-state index in [0.717, 1.165) is 24.2 Å². The Kier molecular flexibility index (Phi) is 4.80. The molecule has 106 valence electrons. The SMILES string of the molecule is COCc1cc(C(C)NC2CC(O)C2)ccc1OC. The predicted molar refractivity (Wildman–Crippen MR) is 74.3 cm³/mol. The Morgan fingerprint density at radius 2 is 2.11 bits per heavy atom. The van der Waals surface area contributed by atoms with Gasteiger partial charge in [-0.1, -0.05) is 6.07 Å². The Hall–Kier alpha value is -1.10. The molecule has 2 rings (SSSR count). The van der Waals surface area contributed by atoms with Crippen LogP contribution in [-0.4, -0.2) is 31.5 Å². The van der Waals surface area contributed by atoms with Gasteiger partial charge in [-0.15, -0.1) is 0 Å². The molecule has 2 N–H and O–H groups in total. The van der Waals surface area contributed by atoms with E-state index in [1.54, 1.807) is 14.2 Å². The molecular formula is C15H23NO3. The van der Waals surface area contributed by atoms with Crippen LogP contribution in [0.3, 0.4) is 0 Å². The van der Waals surface area contributed by atoms with Crippen molar-refractivity contribution in [2.75, 3.05) is 14.2 Å². The highest BCUT2D eigenvalue weighted by Gasteiger charge is 2.28. The minimum Gasteiger partial charge on any atom is -0.496 e. The van der Waals surface area contributed by atoms with Crippen molar-refractivity contribution < 1.29 is 14.6 Å². The van der Waals surface area contributed by atoms with E-state index in [1.807, 2.05) is 6.07 Å². The maximum absolute atomic E-state index is 9.31. The molecule has 1 aliphatic rings. The highest BCUT2D eigenvalue weighted by molar-refractivity contribution is 5.38. The summed E-state index contributed by atoms with van der Waals surface area (Å²) in [5, 5.41) is 12.8. The number of hydrogen-bond acceptors (Lipinski definition) is 4. The average Bonchev–Trinajstić information content (AvgIpc) is 2.37. The molecule has 0 saturated heterocycles. The molecule has 1 unspecified atom stereocenters. The van der Waals surface area contributed by atoms with Gasteiger partial charge in [0.1, 0.15) is 5.75 Å². The Morgan fingerprint density at radius 1 is 1.37 bits per heavy atom. The van der Waals surface area contributed by atoms with Gasteiger partial charge in [0.05, 0.1) is 19.8 Å². The summed E-state index contributed by atoms with van der Waals surface area (Å²) in [4.78, 5) is 0. The summed E-state index contributed by atoms with van der Waals surface area (Å²) in [5.74, 6) is 0.858. The molecule has 0 aliphatic heterocycles. The van der Waals surface area contributed by atoms with Gasteiger partial charge < -0.3 is 19.9 Å². The van der Waals surface area contributed by atoms with Gasteiger partial charge in [-0.3, -0.25) is 0 Å². The number of aliphatic hydroxyl groups excluding tert-OH is 1. The Morgan fingerprint density at radius 3 is 2.68 bits per heavy atom. The van der Waals surface area contributed by atoms with E-state index >= 15 is 0 Å². The smallest absolute Gasteiger partial charge is 0.124 e. The molecular weight excluding hydrogens is 242 g/mol. The molecule has 0 bridgehead atoms. The number of methoxy groups -OCH3 is 2. The third kappa shape index (κ3) is 3.47. The topological polar surface area (TPSA) is 50.7 Å². The highest BCUT2D eigenvalue weighted by Crippen LogP contribution is 2.27. The molecule has 1 fully saturated rings. The molecule has 1 aromatic carbocycles. The summed E-state index contributed by atoms with van der Waals surface area (Å²) in [7, 11) is 3.36. The van der Waals surface area contributed by atoms with Gasteiger partial charge >= 0.3 is 0 Å². The summed E-state index contributed by atoms with van der Waals surface area (Å²) in [6, 6.07) is 6.87. The zero-order chi connectivity index (χ0) is 13.8. The predicted octanol–water partition coefficient (Wildman–Crippen LogP) is 2.02. The standard InChI is InChI=1S/C15H23NO3/c1-10(16-13-7-14(17)8-13)11-4-5-15(19-3)12(6-11)9-18-2/h4-6,10,13-14,16-17H,7-9H2,1-3H3. The van der Waals surface area contributed by atoms with E-state index in [2.05, 4.69) is 24.4 Å². The van der Waals surface area contributed by atoms with Gasteiger partial charge in [0.25, 0.3) is 0 Å². The van der Waals surface area contributed by atoms with E-state index in [4.69, 9.17) is 9.47 Å². The van der Waals surface area contributed by atoms with E-state index < -0.39 is 0 Å². The zero-order valence-electron chi connectivity index (χ0n) is 11.8. The largest absolute Gasteiger partial charge is 0.496 e. The van der Waals surface area contributed by atoms with E-state index in [9.17, 15) is 5.11 Å². The molecule has 0 amide bonds. The Labute approximate surface area is 114 Å². The summed E-state index contributed by atoms with van der Waals surface area (Å²) in [5.41, 5.74) is 2.28. The highest BCUT2D eigenvalue weighted by atomic mass is 16.5. The van der Waals surface area contributed by atoms with E-state index in [-0.39, 0.29) is 12.1 Å². The molecule has 1 aliphatic carbocycles. The van der Waals surface area contributed by atoms with Gasteiger partial charge in [-0.25, -0.2) is 0 Å². The minimum atomic E-state index is -0.121. The Balaban J connectivity index is 2.04. The van der Waals surface area contributed by atoms with Crippen LogP contribution in [0.5, 0.6) is 5.75 Å². The fraction of sp³-hybridized carbons (Fsp3) is 0.600. The van der Waals surface area contributed by atoms with Gasteiger partial charge in [0.2, 0.25) is 0 Å². The average molecular weight is 265 g/mol. The molecule has 1 atom stereocenters.